The van der Waals surface area contributed by atoms with Crippen LogP contribution in [0.4, 0.5) is 0 Å². The third-order valence-electron chi connectivity index (χ3n) is 3.11. The van der Waals surface area contributed by atoms with Gasteiger partial charge in [-0.3, -0.25) is 4.79 Å². The van der Waals surface area contributed by atoms with Gasteiger partial charge in [-0.1, -0.05) is 18.5 Å². The van der Waals surface area contributed by atoms with Crippen molar-refractivity contribution in [1.82, 2.24) is 10.6 Å². The zero-order chi connectivity index (χ0) is 12.3. The second kappa shape index (κ2) is 5.85. The van der Waals surface area contributed by atoms with Gasteiger partial charge in [0.25, 0.3) is 0 Å². The van der Waals surface area contributed by atoms with E-state index in [1.54, 1.807) is 11.3 Å². The van der Waals surface area contributed by atoms with E-state index in [0.717, 1.165) is 23.7 Å². The second-order valence-corrected chi connectivity index (χ2v) is 6.24. The van der Waals surface area contributed by atoms with Crippen LogP contribution >= 0.6 is 22.9 Å². The van der Waals surface area contributed by atoms with Crippen LogP contribution in [-0.2, 0) is 11.2 Å². The fourth-order valence-electron chi connectivity index (χ4n) is 2.09. The van der Waals surface area contributed by atoms with Gasteiger partial charge in [-0.2, -0.15) is 0 Å². The van der Waals surface area contributed by atoms with Crippen molar-refractivity contribution >= 4 is 28.8 Å². The minimum atomic E-state index is -0.0121. The van der Waals surface area contributed by atoms with Gasteiger partial charge in [0, 0.05) is 11.4 Å². The molecule has 1 aromatic rings. The molecule has 17 heavy (non-hydrogen) atoms. The summed E-state index contributed by atoms with van der Waals surface area (Å²) in [7, 11) is 0. The summed E-state index contributed by atoms with van der Waals surface area (Å²) < 4.78 is 0.803. The Labute approximate surface area is 111 Å². The average molecular weight is 273 g/mol. The minimum absolute atomic E-state index is 0.0121. The number of halogens is 1. The molecule has 2 unspecified atom stereocenters. The molecule has 1 aromatic heterocycles. The van der Waals surface area contributed by atoms with Crippen LogP contribution in [0.1, 0.15) is 18.2 Å². The van der Waals surface area contributed by atoms with E-state index in [4.69, 9.17) is 11.6 Å². The van der Waals surface area contributed by atoms with Crippen molar-refractivity contribution in [1.29, 1.82) is 0 Å². The molecular weight excluding hydrogens is 256 g/mol. The smallest absolute Gasteiger partial charge is 0.237 e. The SMILES string of the molecule is CC1CCNC1C(=O)NCCc1ccc(Cl)s1. The quantitative estimate of drug-likeness (QED) is 0.881. The van der Waals surface area contributed by atoms with Gasteiger partial charge in [-0.25, -0.2) is 0 Å². The topological polar surface area (TPSA) is 41.1 Å². The molecule has 1 saturated heterocycles. The van der Waals surface area contributed by atoms with Crippen molar-refractivity contribution in [3.05, 3.63) is 21.3 Å². The normalized spacial score (nSPS) is 23.9. The number of carbonyl (C=O) groups excluding carboxylic acids is 1. The summed E-state index contributed by atoms with van der Waals surface area (Å²) in [6.07, 6.45) is 1.93. The number of hydrogen-bond donors (Lipinski definition) is 2. The number of rotatable bonds is 4. The van der Waals surface area contributed by atoms with Gasteiger partial charge in [-0.05, 0) is 37.4 Å². The van der Waals surface area contributed by atoms with Gasteiger partial charge in [0.1, 0.15) is 0 Å². The molecule has 0 radical (unpaired) electrons. The molecule has 94 valence electrons. The van der Waals surface area contributed by atoms with E-state index in [1.165, 1.54) is 4.88 Å². The zero-order valence-electron chi connectivity index (χ0n) is 9.83. The Morgan fingerprint density at radius 2 is 2.47 bits per heavy atom. The zero-order valence-corrected chi connectivity index (χ0v) is 11.4. The van der Waals surface area contributed by atoms with Crippen LogP contribution in [0.3, 0.4) is 0 Å². The standard InChI is InChI=1S/C12H17ClN2OS/c1-8-4-6-14-11(8)12(16)15-7-5-9-2-3-10(13)17-9/h2-3,8,11,14H,4-7H2,1H3,(H,15,16). The summed E-state index contributed by atoms with van der Waals surface area (Å²) in [5, 5.41) is 6.20. The van der Waals surface area contributed by atoms with Crippen molar-refractivity contribution in [3.63, 3.8) is 0 Å². The average Bonchev–Trinajstić information content (AvgIpc) is 2.87. The van der Waals surface area contributed by atoms with Gasteiger partial charge in [0.05, 0.1) is 10.4 Å². The van der Waals surface area contributed by atoms with Crippen molar-refractivity contribution in [2.24, 2.45) is 5.92 Å². The predicted molar refractivity (Wildman–Crippen MR) is 71.6 cm³/mol. The van der Waals surface area contributed by atoms with E-state index in [0.29, 0.717) is 12.5 Å². The Bertz CT molecular complexity index is 394. The molecule has 1 fully saturated rings. The lowest BCUT2D eigenvalue weighted by molar-refractivity contribution is -0.123. The number of thiophene rings is 1. The molecule has 3 nitrogen and oxygen atoms in total. The van der Waals surface area contributed by atoms with E-state index >= 15 is 0 Å². The minimum Gasteiger partial charge on any atom is -0.354 e. The molecule has 1 amide bonds. The van der Waals surface area contributed by atoms with Crippen LogP contribution in [-0.4, -0.2) is 25.0 Å². The van der Waals surface area contributed by atoms with Gasteiger partial charge >= 0.3 is 0 Å². The molecule has 2 rings (SSSR count). The van der Waals surface area contributed by atoms with Crippen LogP contribution < -0.4 is 10.6 Å². The number of hydrogen-bond acceptors (Lipinski definition) is 3. The largest absolute Gasteiger partial charge is 0.354 e. The Morgan fingerprint density at radius 3 is 3.06 bits per heavy atom. The molecule has 0 aliphatic carbocycles. The molecule has 5 heteroatoms. The maximum Gasteiger partial charge on any atom is 0.237 e. The molecule has 0 bridgehead atoms. The Kier molecular flexibility index (Phi) is 4.42. The van der Waals surface area contributed by atoms with E-state index in [9.17, 15) is 4.79 Å². The van der Waals surface area contributed by atoms with Gasteiger partial charge < -0.3 is 10.6 Å². The maximum atomic E-state index is 11.9. The number of nitrogens with one attached hydrogen (secondary N) is 2. The number of amides is 1. The third-order valence-corrected chi connectivity index (χ3v) is 4.41. The summed E-state index contributed by atoms with van der Waals surface area (Å²) >= 11 is 7.42. The van der Waals surface area contributed by atoms with Crippen molar-refractivity contribution < 1.29 is 4.79 Å². The first kappa shape index (κ1) is 12.9. The highest BCUT2D eigenvalue weighted by atomic mass is 35.5. The predicted octanol–water partition coefficient (Wildman–Crippen LogP) is 2.06. The lowest BCUT2D eigenvalue weighted by Crippen LogP contribution is -2.43. The Balaban J connectivity index is 1.73. The maximum absolute atomic E-state index is 11.9. The van der Waals surface area contributed by atoms with Crippen molar-refractivity contribution in [2.45, 2.75) is 25.8 Å². The van der Waals surface area contributed by atoms with Crippen LogP contribution in [0.2, 0.25) is 4.34 Å². The Morgan fingerprint density at radius 1 is 1.65 bits per heavy atom. The first-order valence-electron chi connectivity index (χ1n) is 5.92. The lowest BCUT2D eigenvalue weighted by atomic mass is 10.0. The Hall–Kier alpha value is -0.580. The highest BCUT2D eigenvalue weighted by molar-refractivity contribution is 7.16. The van der Waals surface area contributed by atoms with E-state index in [2.05, 4.69) is 17.6 Å². The summed E-state index contributed by atoms with van der Waals surface area (Å²) in [6, 6.07) is 3.89. The highest BCUT2D eigenvalue weighted by Crippen LogP contribution is 2.21. The molecular formula is C12H17ClN2OS. The van der Waals surface area contributed by atoms with E-state index < -0.39 is 0 Å². The van der Waals surface area contributed by atoms with Gasteiger partial charge in [0.2, 0.25) is 5.91 Å². The molecule has 2 heterocycles. The molecule has 2 atom stereocenters. The van der Waals surface area contributed by atoms with Gasteiger partial charge in [0.15, 0.2) is 0 Å². The fraction of sp³-hybridized carbons (Fsp3) is 0.583. The summed E-state index contributed by atoms with van der Waals surface area (Å²) in [5.41, 5.74) is 0. The highest BCUT2D eigenvalue weighted by Gasteiger charge is 2.28. The molecule has 0 saturated carbocycles. The lowest BCUT2D eigenvalue weighted by Gasteiger charge is -2.15. The number of carbonyl (C=O) groups is 1. The van der Waals surface area contributed by atoms with E-state index in [-0.39, 0.29) is 11.9 Å². The van der Waals surface area contributed by atoms with Crippen molar-refractivity contribution in [2.75, 3.05) is 13.1 Å². The third kappa shape index (κ3) is 3.44. The van der Waals surface area contributed by atoms with Gasteiger partial charge in [-0.15, -0.1) is 11.3 Å². The fourth-order valence-corrected chi connectivity index (χ4v) is 3.18. The summed E-state index contributed by atoms with van der Waals surface area (Å²) in [5.74, 6) is 0.559. The molecule has 0 aromatic carbocycles. The summed E-state index contributed by atoms with van der Waals surface area (Å²) in [6.45, 7) is 3.74. The molecule has 1 aliphatic heterocycles. The second-order valence-electron chi connectivity index (χ2n) is 4.44. The van der Waals surface area contributed by atoms with Crippen molar-refractivity contribution in [3.8, 4) is 0 Å². The monoisotopic (exact) mass is 272 g/mol. The first-order valence-corrected chi connectivity index (χ1v) is 7.11. The first-order chi connectivity index (χ1) is 8.16. The summed E-state index contributed by atoms with van der Waals surface area (Å²) in [4.78, 5) is 13.1. The van der Waals surface area contributed by atoms with Crippen LogP contribution in [0.25, 0.3) is 0 Å². The van der Waals surface area contributed by atoms with E-state index in [1.807, 2.05) is 12.1 Å². The molecule has 1 aliphatic rings. The van der Waals surface area contributed by atoms with Crippen LogP contribution in [0.5, 0.6) is 0 Å². The molecule has 2 N–H and O–H groups in total. The van der Waals surface area contributed by atoms with Crippen LogP contribution in [0.15, 0.2) is 12.1 Å². The molecule has 0 spiro atoms. The van der Waals surface area contributed by atoms with Crippen LogP contribution in [0, 0.1) is 5.92 Å².